The molecule has 7 amide bonds. The Morgan fingerprint density at radius 1 is 0.516 bits per heavy atom. The Morgan fingerprint density at radius 2 is 1.01 bits per heavy atom. The van der Waals surface area contributed by atoms with Gasteiger partial charge in [0.25, 0.3) is 0 Å². The Morgan fingerprint density at radius 3 is 1.52 bits per heavy atom. The highest BCUT2D eigenvalue weighted by atomic mass is 16.6. The molecule has 18 heteroatoms. The molecule has 0 spiro atoms. The number of nitrogens with one attached hydrogen (secondary N) is 7. The van der Waals surface area contributed by atoms with Gasteiger partial charge in [-0.25, -0.2) is 4.79 Å². The molecule has 1 saturated carbocycles. The second-order valence-corrected chi connectivity index (χ2v) is 26.2. The van der Waals surface area contributed by atoms with Gasteiger partial charge in [0.1, 0.15) is 53.3 Å². The minimum Gasteiger partial charge on any atom is -0.488 e. The largest absolute Gasteiger partial charge is 0.488 e. The SMILES string of the molecule is CC[C@H](C)[C@H](NC(=O)[C@H](Cc1ccc(OC(C)(C)C)cc1)NC(=O)[C@H](CC(=O)OC(C)(C)C)NC(=O)OCC1c2ccccc2-c2ccccc21)C(=O)N[C@@H](CC(=O)NC(c1ccccc1)(c1ccccc1)c1ccccc1)C(=O)NCC(=O)NC(C)(C)C1CC1. The standard InChI is InChI=1S/C73H87N7O11/c1-11-46(2)64(68(87)76-59(65(84)74-44-62(82)79-72(9,10)48-37-38-48)42-61(81)80-73(49-25-15-12-16-26-49,50-27-17-13-18-28-50)51-29-19-14-20-30-51)78-67(86)58(41-47-35-39-52(40-36-47)90-70(3,4)5)75-66(85)60(43-63(83)91-71(6,7)8)77-69(88)89-45-57-55-33-23-21-31-53(55)54-32-22-24-34-56(54)57/h12-36,39-40,46,48,57-60,64H,11,37-38,41-45H2,1-10H3,(H,74,84)(H,75,85)(H,76,87)(H,77,88)(H,78,86)(H,79,82)(H,80,81)/t46-,58-,59-,60-,64-/m0/s1. The lowest BCUT2D eigenvalue weighted by Crippen LogP contribution is -2.61. The Balaban J connectivity index is 1.08. The van der Waals surface area contributed by atoms with Crippen molar-refractivity contribution in [2.75, 3.05) is 13.2 Å². The number of carbonyl (C=O) groups excluding carboxylic acids is 8. The number of amides is 7. The van der Waals surface area contributed by atoms with E-state index in [1.165, 1.54) is 0 Å². The zero-order chi connectivity index (χ0) is 65.7. The van der Waals surface area contributed by atoms with Gasteiger partial charge in [-0.15, -0.1) is 0 Å². The molecular formula is C73H87N7O11. The third kappa shape index (κ3) is 18.2. The lowest BCUT2D eigenvalue weighted by atomic mass is 9.77. The molecular weight excluding hydrogens is 1150 g/mol. The van der Waals surface area contributed by atoms with Crippen molar-refractivity contribution in [3.05, 3.63) is 197 Å². The first kappa shape index (κ1) is 67.6. The summed E-state index contributed by atoms with van der Waals surface area (Å²) < 4.78 is 17.5. The predicted octanol–water partition coefficient (Wildman–Crippen LogP) is 9.47. The van der Waals surface area contributed by atoms with Crippen molar-refractivity contribution in [1.29, 1.82) is 0 Å². The van der Waals surface area contributed by atoms with Gasteiger partial charge in [0.05, 0.1) is 19.4 Å². The molecule has 0 bridgehead atoms. The molecule has 8 rings (SSSR count). The monoisotopic (exact) mass is 1240 g/mol. The second-order valence-electron chi connectivity index (χ2n) is 26.2. The van der Waals surface area contributed by atoms with Crippen molar-refractivity contribution in [3.8, 4) is 16.9 Å². The lowest BCUT2D eigenvalue weighted by molar-refractivity contribution is -0.156. The van der Waals surface area contributed by atoms with E-state index in [9.17, 15) is 24.0 Å². The molecule has 2 aliphatic rings. The van der Waals surface area contributed by atoms with Crippen LogP contribution in [0.2, 0.25) is 0 Å². The summed E-state index contributed by atoms with van der Waals surface area (Å²) in [5.74, 6) is -5.53. The van der Waals surface area contributed by atoms with Crippen molar-refractivity contribution in [2.45, 2.75) is 160 Å². The number of ether oxygens (including phenoxy) is 3. The summed E-state index contributed by atoms with van der Waals surface area (Å²) in [5.41, 5.74) is 3.28. The minimum atomic E-state index is -1.63. The van der Waals surface area contributed by atoms with Crippen LogP contribution in [0.4, 0.5) is 4.79 Å². The molecule has 0 unspecified atom stereocenters. The number of esters is 1. The van der Waals surface area contributed by atoms with Crippen LogP contribution in [-0.2, 0) is 55.0 Å². The summed E-state index contributed by atoms with van der Waals surface area (Å²) >= 11 is 0. The molecule has 0 aliphatic heterocycles. The van der Waals surface area contributed by atoms with Gasteiger partial charge in [0.2, 0.25) is 35.4 Å². The summed E-state index contributed by atoms with van der Waals surface area (Å²) in [6, 6.07) is 44.5. The smallest absolute Gasteiger partial charge is 0.407 e. The normalized spacial score (nSPS) is 14.7. The maximum absolute atomic E-state index is 15.2. The fraction of sp³-hybridized carbons (Fsp3) is 0.397. The van der Waals surface area contributed by atoms with E-state index in [2.05, 4.69) is 37.2 Å². The molecule has 5 atom stereocenters. The summed E-state index contributed by atoms with van der Waals surface area (Å²) in [5, 5.41) is 19.9. The van der Waals surface area contributed by atoms with E-state index in [4.69, 9.17) is 14.2 Å². The molecule has 6 aromatic rings. The van der Waals surface area contributed by atoms with Crippen LogP contribution in [0.1, 0.15) is 141 Å². The maximum atomic E-state index is 15.2. The molecule has 18 nitrogen and oxygen atoms in total. The molecule has 0 saturated heterocycles. The summed E-state index contributed by atoms with van der Waals surface area (Å²) in [7, 11) is 0. The summed E-state index contributed by atoms with van der Waals surface area (Å²) in [4.78, 5) is 116. The highest BCUT2D eigenvalue weighted by Crippen LogP contribution is 2.45. The first-order chi connectivity index (χ1) is 43.2. The van der Waals surface area contributed by atoms with Gasteiger partial charge in [0.15, 0.2) is 0 Å². The fourth-order valence-corrected chi connectivity index (χ4v) is 11.6. The number of fused-ring (bicyclic) bond motifs is 3. The lowest BCUT2D eigenvalue weighted by Gasteiger charge is -2.37. The molecule has 480 valence electrons. The fourth-order valence-electron chi connectivity index (χ4n) is 11.6. The van der Waals surface area contributed by atoms with E-state index < -0.39 is 119 Å². The number of rotatable bonds is 27. The molecule has 1 fully saturated rings. The van der Waals surface area contributed by atoms with Gasteiger partial charge in [-0.05, 0) is 137 Å². The third-order valence-electron chi connectivity index (χ3n) is 16.4. The second kappa shape index (κ2) is 29.5. The Hall–Kier alpha value is -9.32. The molecule has 0 radical (unpaired) electrons. The van der Waals surface area contributed by atoms with Gasteiger partial charge in [-0.3, -0.25) is 33.6 Å². The van der Waals surface area contributed by atoms with Crippen molar-refractivity contribution < 1.29 is 52.6 Å². The first-order valence-corrected chi connectivity index (χ1v) is 31.3. The predicted molar refractivity (Wildman–Crippen MR) is 348 cm³/mol. The molecule has 2 aliphatic carbocycles. The van der Waals surface area contributed by atoms with Crippen molar-refractivity contribution in [3.63, 3.8) is 0 Å². The van der Waals surface area contributed by atoms with Crippen LogP contribution in [-0.4, -0.2) is 102 Å². The zero-order valence-corrected chi connectivity index (χ0v) is 53.8. The number of benzene rings is 6. The van der Waals surface area contributed by atoms with Crippen LogP contribution in [0, 0.1) is 11.8 Å². The number of hydrogen-bond acceptors (Lipinski definition) is 11. The van der Waals surface area contributed by atoms with E-state index >= 15 is 14.4 Å². The minimum absolute atomic E-state index is 0.100. The van der Waals surface area contributed by atoms with Crippen molar-refractivity contribution in [2.24, 2.45) is 11.8 Å². The van der Waals surface area contributed by atoms with E-state index in [-0.39, 0.29) is 24.9 Å². The van der Waals surface area contributed by atoms with E-state index in [1.807, 2.05) is 181 Å². The Kier molecular flexibility index (Phi) is 21.9. The molecule has 7 N–H and O–H groups in total. The zero-order valence-electron chi connectivity index (χ0n) is 53.8. The van der Waals surface area contributed by atoms with E-state index in [0.717, 1.165) is 35.1 Å². The Bertz CT molecular complexity index is 3380. The van der Waals surface area contributed by atoms with Gasteiger partial charge in [-0.1, -0.05) is 172 Å². The van der Waals surface area contributed by atoms with Crippen LogP contribution in [0.25, 0.3) is 11.1 Å². The van der Waals surface area contributed by atoms with Gasteiger partial charge < -0.3 is 51.4 Å². The number of alkyl carbamates (subject to hydrolysis) is 1. The van der Waals surface area contributed by atoms with Crippen LogP contribution < -0.4 is 42.0 Å². The van der Waals surface area contributed by atoms with Crippen molar-refractivity contribution >= 4 is 47.5 Å². The van der Waals surface area contributed by atoms with Gasteiger partial charge in [0, 0.05) is 17.9 Å². The number of hydrogen-bond donors (Lipinski definition) is 7. The Labute approximate surface area is 534 Å². The van der Waals surface area contributed by atoms with Crippen molar-refractivity contribution in [1.82, 2.24) is 37.2 Å². The van der Waals surface area contributed by atoms with Crippen LogP contribution in [0.15, 0.2) is 164 Å². The highest BCUT2D eigenvalue weighted by molar-refractivity contribution is 5.98. The molecule has 91 heavy (non-hydrogen) atoms. The quantitative estimate of drug-likeness (QED) is 0.0189. The average Bonchev–Trinajstić information content (AvgIpc) is 1.67. The first-order valence-electron chi connectivity index (χ1n) is 31.3. The van der Waals surface area contributed by atoms with Crippen LogP contribution in [0.3, 0.4) is 0 Å². The molecule has 6 aromatic carbocycles. The third-order valence-corrected chi connectivity index (χ3v) is 16.4. The van der Waals surface area contributed by atoms with E-state index in [1.54, 1.807) is 52.0 Å². The van der Waals surface area contributed by atoms with Gasteiger partial charge in [-0.2, -0.15) is 0 Å². The summed E-state index contributed by atoms with van der Waals surface area (Å²) in [6.07, 6.45) is -0.205. The maximum Gasteiger partial charge on any atom is 0.407 e. The van der Waals surface area contributed by atoms with Gasteiger partial charge >= 0.3 is 12.1 Å². The number of carbonyl (C=O) groups is 8. The average molecular weight is 1240 g/mol. The van der Waals surface area contributed by atoms with E-state index in [0.29, 0.717) is 34.4 Å². The highest BCUT2D eigenvalue weighted by Gasteiger charge is 2.42. The molecule has 0 heterocycles. The topological polar surface area (TPSA) is 248 Å². The molecule has 0 aromatic heterocycles. The summed E-state index contributed by atoms with van der Waals surface area (Å²) in [6.45, 7) is 17.5. The van der Waals surface area contributed by atoms with Crippen LogP contribution in [0.5, 0.6) is 5.75 Å². The van der Waals surface area contributed by atoms with Crippen LogP contribution >= 0.6 is 0 Å².